The van der Waals surface area contributed by atoms with Crippen LogP contribution in [0.1, 0.15) is 17.5 Å². The minimum atomic E-state index is -0.467. The molecule has 2 rings (SSSR count). The number of aliphatic hydroxyl groups is 1. The Morgan fingerprint density at radius 2 is 2.19 bits per heavy atom. The molecule has 16 heavy (non-hydrogen) atoms. The maximum Gasteiger partial charge on any atom is 0.192 e. The molecule has 0 aliphatic carbocycles. The van der Waals surface area contributed by atoms with Crippen LogP contribution in [0, 0.1) is 6.92 Å². The number of aryl methyl sites for hydroxylation is 1. The van der Waals surface area contributed by atoms with E-state index < -0.39 is 12.1 Å². The topological polar surface area (TPSA) is 98.3 Å². The Hall–Kier alpha value is -1.43. The Bertz CT molecular complexity index is 495. The van der Waals surface area contributed by atoms with E-state index in [1.807, 2.05) is 18.2 Å². The number of fused-ring (bicyclic) bond motifs is 1. The SMILES string of the molecule is Cc1nc2cc(C(N)C(N)CO)ccc2o1. The predicted molar refractivity (Wildman–Crippen MR) is 60.7 cm³/mol. The molecule has 2 aromatic rings. The van der Waals surface area contributed by atoms with Crippen LogP contribution in [0.5, 0.6) is 0 Å². The predicted octanol–water partition coefficient (Wildman–Crippen LogP) is 0.456. The van der Waals surface area contributed by atoms with Crippen LogP contribution in [-0.2, 0) is 0 Å². The van der Waals surface area contributed by atoms with Gasteiger partial charge in [0.1, 0.15) is 5.52 Å². The Kier molecular flexibility index (Phi) is 2.91. The summed E-state index contributed by atoms with van der Waals surface area (Å²) in [6.07, 6.45) is 0. The molecule has 5 nitrogen and oxygen atoms in total. The third-order valence-corrected chi connectivity index (χ3v) is 2.58. The van der Waals surface area contributed by atoms with E-state index in [1.165, 1.54) is 0 Å². The molecule has 0 amide bonds. The molecular formula is C11H15N3O2. The molecule has 5 N–H and O–H groups in total. The first-order valence-corrected chi connectivity index (χ1v) is 5.11. The second-order valence-corrected chi connectivity index (χ2v) is 3.83. The lowest BCUT2D eigenvalue weighted by molar-refractivity contribution is 0.250. The van der Waals surface area contributed by atoms with E-state index in [0.717, 1.165) is 16.7 Å². The minimum Gasteiger partial charge on any atom is -0.441 e. The highest BCUT2D eigenvalue weighted by atomic mass is 16.3. The molecule has 86 valence electrons. The highest BCUT2D eigenvalue weighted by Gasteiger charge is 2.15. The molecule has 0 aliphatic heterocycles. The van der Waals surface area contributed by atoms with Crippen molar-refractivity contribution in [3.8, 4) is 0 Å². The van der Waals surface area contributed by atoms with E-state index in [-0.39, 0.29) is 6.61 Å². The lowest BCUT2D eigenvalue weighted by Crippen LogP contribution is -2.37. The molecule has 0 aliphatic rings. The Morgan fingerprint density at radius 3 is 2.88 bits per heavy atom. The van der Waals surface area contributed by atoms with Gasteiger partial charge in [0.25, 0.3) is 0 Å². The van der Waals surface area contributed by atoms with Crippen molar-refractivity contribution in [2.45, 2.75) is 19.0 Å². The molecule has 1 aromatic heterocycles. The van der Waals surface area contributed by atoms with Gasteiger partial charge < -0.3 is 21.0 Å². The second kappa shape index (κ2) is 4.21. The summed E-state index contributed by atoms with van der Waals surface area (Å²) in [6, 6.07) is 4.63. The number of nitrogens with zero attached hydrogens (tertiary/aromatic N) is 1. The van der Waals surface area contributed by atoms with Crippen LogP contribution in [0.2, 0.25) is 0 Å². The maximum absolute atomic E-state index is 8.94. The van der Waals surface area contributed by atoms with Gasteiger partial charge in [-0.2, -0.15) is 0 Å². The van der Waals surface area contributed by atoms with E-state index in [9.17, 15) is 0 Å². The van der Waals surface area contributed by atoms with Gasteiger partial charge in [-0.25, -0.2) is 4.98 Å². The minimum absolute atomic E-state index is 0.142. The first-order valence-electron chi connectivity index (χ1n) is 5.11. The van der Waals surface area contributed by atoms with Crippen molar-refractivity contribution in [1.82, 2.24) is 4.98 Å². The molecule has 0 bridgehead atoms. The van der Waals surface area contributed by atoms with Crippen LogP contribution in [0.4, 0.5) is 0 Å². The zero-order valence-electron chi connectivity index (χ0n) is 9.05. The van der Waals surface area contributed by atoms with Gasteiger partial charge in [0, 0.05) is 19.0 Å². The summed E-state index contributed by atoms with van der Waals surface area (Å²) in [6.45, 7) is 1.65. The van der Waals surface area contributed by atoms with E-state index in [4.69, 9.17) is 21.0 Å². The molecule has 1 aromatic carbocycles. The lowest BCUT2D eigenvalue weighted by Gasteiger charge is -2.17. The zero-order chi connectivity index (χ0) is 11.7. The van der Waals surface area contributed by atoms with Gasteiger partial charge in [-0.05, 0) is 17.7 Å². The molecule has 2 unspecified atom stereocenters. The standard InChI is InChI=1S/C11H15N3O2/c1-6-14-9-4-7(2-3-10(9)16-6)11(13)8(12)5-15/h2-4,8,11,15H,5,12-13H2,1H3. The van der Waals surface area contributed by atoms with Crippen LogP contribution in [0.3, 0.4) is 0 Å². The van der Waals surface area contributed by atoms with E-state index in [0.29, 0.717) is 5.89 Å². The van der Waals surface area contributed by atoms with Crippen molar-refractivity contribution in [3.63, 3.8) is 0 Å². The summed E-state index contributed by atoms with van der Waals surface area (Å²) in [5.41, 5.74) is 13.9. The van der Waals surface area contributed by atoms with Crippen molar-refractivity contribution in [3.05, 3.63) is 29.7 Å². The van der Waals surface area contributed by atoms with E-state index in [2.05, 4.69) is 4.98 Å². The number of benzene rings is 1. The van der Waals surface area contributed by atoms with Crippen molar-refractivity contribution in [2.24, 2.45) is 11.5 Å². The number of aromatic nitrogens is 1. The number of hydrogen-bond acceptors (Lipinski definition) is 5. The molecular weight excluding hydrogens is 206 g/mol. The van der Waals surface area contributed by atoms with Gasteiger partial charge in [-0.15, -0.1) is 0 Å². The maximum atomic E-state index is 8.94. The van der Waals surface area contributed by atoms with Crippen LogP contribution in [-0.4, -0.2) is 22.7 Å². The van der Waals surface area contributed by atoms with Crippen molar-refractivity contribution in [1.29, 1.82) is 0 Å². The van der Waals surface area contributed by atoms with Gasteiger partial charge in [-0.1, -0.05) is 6.07 Å². The van der Waals surface area contributed by atoms with Crippen LogP contribution >= 0.6 is 0 Å². The lowest BCUT2D eigenvalue weighted by atomic mass is 10.0. The highest BCUT2D eigenvalue weighted by molar-refractivity contribution is 5.73. The van der Waals surface area contributed by atoms with Gasteiger partial charge in [0.2, 0.25) is 0 Å². The number of rotatable bonds is 3. The highest BCUT2D eigenvalue weighted by Crippen LogP contribution is 2.20. The van der Waals surface area contributed by atoms with Crippen molar-refractivity contribution in [2.75, 3.05) is 6.61 Å². The van der Waals surface area contributed by atoms with Crippen LogP contribution in [0.15, 0.2) is 22.6 Å². The van der Waals surface area contributed by atoms with E-state index >= 15 is 0 Å². The van der Waals surface area contributed by atoms with Gasteiger partial charge in [-0.3, -0.25) is 0 Å². The normalized spacial score (nSPS) is 15.2. The number of hydrogen-bond donors (Lipinski definition) is 3. The fraction of sp³-hybridized carbons (Fsp3) is 0.364. The van der Waals surface area contributed by atoms with Crippen molar-refractivity contribution >= 4 is 11.1 Å². The molecule has 0 fully saturated rings. The Morgan fingerprint density at radius 1 is 1.44 bits per heavy atom. The summed E-state index contributed by atoms with van der Waals surface area (Å²) in [7, 11) is 0. The Balaban J connectivity index is 2.38. The summed E-state index contributed by atoms with van der Waals surface area (Å²) in [5, 5.41) is 8.94. The average Bonchev–Trinajstić information content (AvgIpc) is 2.65. The molecule has 0 radical (unpaired) electrons. The summed E-state index contributed by atoms with van der Waals surface area (Å²) in [4.78, 5) is 4.22. The van der Waals surface area contributed by atoms with Gasteiger partial charge >= 0.3 is 0 Å². The third kappa shape index (κ3) is 1.92. The molecule has 1 heterocycles. The largest absolute Gasteiger partial charge is 0.441 e. The van der Waals surface area contributed by atoms with Gasteiger partial charge in [0.15, 0.2) is 11.5 Å². The quantitative estimate of drug-likeness (QED) is 0.699. The summed E-state index contributed by atoms with van der Waals surface area (Å²) >= 11 is 0. The summed E-state index contributed by atoms with van der Waals surface area (Å²) in [5.74, 6) is 0.618. The molecule has 0 saturated carbocycles. The van der Waals surface area contributed by atoms with Crippen molar-refractivity contribution < 1.29 is 9.52 Å². The molecule has 0 saturated heterocycles. The number of aliphatic hydroxyl groups excluding tert-OH is 1. The summed E-state index contributed by atoms with van der Waals surface area (Å²) < 4.78 is 5.36. The fourth-order valence-electron chi connectivity index (χ4n) is 1.63. The van der Waals surface area contributed by atoms with Crippen LogP contribution < -0.4 is 11.5 Å². The van der Waals surface area contributed by atoms with E-state index in [1.54, 1.807) is 6.92 Å². The van der Waals surface area contributed by atoms with Crippen LogP contribution in [0.25, 0.3) is 11.1 Å². The smallest absolute Gasteiger partial charge is 0.192 e. The second-order valence-electron chi connectivity index (χ2n) is 3.83. The number of oxazole rings is 1. The molecule has 2 atom stereocenters. The first-order chi connectivity index (χ1) is 7.61. The third-order valence-electron chi connectivity index (χ3n) is 2.58. The number of nitrogens with two attached hydrogens (primary N) is 2. The van der Waals surface area contributed by atoms with Gasteiger partial charge in [0.05, 0.1) is 6.61 Å². The average molecular weight is 221 g/mol. The molecule has 0 spiro atoms. The first kappa shape index (κ1) is 11.1. The zero-order valence-corrected chi connectivity index (χ0v) is 9.05. The fourth-order valence-corrected chi connectivity index (χ4v) is 1.63. The molecule has 5 heteroatoms. The monoisotopic (exact) mass is 221 g/mol. The Labute approximate surface area is 93.1 Å².